The summed E-state index contributed by atoms with van der Waals surface area (Å²) in [6, 6.07) is 7.22. The van der Waals surface area contributed by atoms with Gasteiger partial charge in [0.25, 0.3) is 0 Å². The Morgan fingerprint density at radius 2 is 1.90 bits per heavy atom. The zero-order valence-corrected chi connectivity index (χ0v) is 13.9. The van der Waals surface area contributed by atoms with Gasteiger partial charge in [0.2, 0.25) is 0 Å². The first-order valence-corrected chi connectivity index (χ1v) is 8.11. The summed E-state index contributed by atoms with van der Waals surface area (Å²) in [5, 5.41) is 2.43. The maximum Gasteiger partial charge on any atom is 0.119 e. The Morgan fingerprint density at radius 3 is 2.50 bits per heavy atom. The van der Waals surface area contributed by atoms with Crippen molar-refractivity contribution in [3.8, 4) is 5.75 Å². The molecule has 2 nitrogen and oxygen atoms in total. The van der Waals surface area contributed by atoms with Gasteiger partial charge in [0.1, 0.15) is 5.75 Å². The SMILES string of the molecule is CC[C@H](C)[NH2+]CCCCOc1ccc(C(C)C)c(C)c1. The van der Waals surface area contributed by atoms with Crippen LogP contribution in [0.1, 0.15) is 64.0 Å². The van der Waals surface area contributed by atoms with Gasteiger partial charge in [-0.05, 0) is 62.3 Å². The van der Waals surface area contributed by atoms with Gasteiger partial charge in [0.15, 0.2) is 0 Å². The van der Waals surface area contributed by atoms with E-state index in [-0.39, 0.29) is 0 Å². The van der Waals surface area contributed by atoms with Crippen molar-refractivity contribution >= 4 is 0 Å². The summed E-state index contributed by atoms with van der Waals surface area (Å²) in [7, 11) is 0. The van der Waals surface area contributed by atoms with E-state index in [1.165, 1.54) is 30.5 Å². The second kappa shape index (κ2) is 9.02. The van der Waals surface area contributed by atoms with Gasteiger partial charge in [-0.1, -0.05) is 26.8 Å². The normalized spacial score (nSPS) is 12.7. The third-order valence-corrected chi connectivity index (χ3v) is 3.94. The van der Waals surface area contributed by atoms with Crippen LogP contribution in [-0.2, 0) is 0 Å². The molecule has 0 spiro atoms. The first-order chi connectivity index (χ1) is 9.54. The van der Waals surface area contributed by atoms with Gasteiger partial charge in [-0.25, -0.2) is 0 Å². The fourth-order valence-electron chi connectivity index (χ4n) is 2.39. The second-order valence-corrected chi connectivity index (χ2v) is 6.14. The summed E-state index contributed by atoms with van der Waals surface area (Å²) in [6.07, 6.45) is 3.61. The van der Waals surface area contributed by atoms with Crippen LogP contribution >= 0.6 is 0 Å². The Labute approximate surface area is 124 Å². The standard InChI is InChI=1S/C18H31NO/c1-6-16(5)19-11-7-8-12-20-17-9-10-18(14(2)3)15(4)13-17/h9-10,13-14,16,19H,6-8,11-12H2,1-5H3/p+1/t16-/m0/s1. The largest absolute Gasteiger partial charge is 0.494 e. The monoisotopic (exact) mass is 278 g/mol. The minimum atomic E-state index is 0.583. The summed E-state index contributed by atoms with van der Waals surface area (Å²) in [5.74, 6) is 1.60. The maximum atomic E-state index is 5.84. The molecule has 1 aromatic rings. The summed E-state index contributed by atoms with van der Waals surface area (Å²) in [5.41, 5.74) is 2.75. The van der Waals surface area contributed by atoms with Crippen LogP contribution in [0.2, 0.25) is 0 Å². The van der Waals surface area contributed by atoms with E-state index in [1.807, 2.05) is 0 Å². The van der Waals surface area contributed by atoms with Crippen LogP contribution in [-0.4, -0.2) is 19.2 Å². The molecule has 0 saturated carbocycles. The van der Waals surface area contributed by atoms with Crippen LogP contribution in [0.25, 0.3) is 0 Å². The summed E-state index contributed by atoms with van der Waals surface area (Å²) in [4.78, 5) is 0. The minimum absolute atomic E-state index is 0.583. The molecule has 0 radical (unpaired) electrons. The van der Waals surface area contributed by atoms with E-state index in [1.54, 1.807) is 0 Å². The van der Waals surface area contributed by atoms with E-state index in [0.717, 1.165) is 24.8 Å². The molecule has 20 heavy (non-hydrogen) atoms. The molecule has 0 bridgehead atoms. The lowest BCUT2D eigenvalue weighted by atomic mass is 9.98. The highest BCUT2D eigenvalue weighted by atomic mass is 16.5. The van der Waals surface area contributed by atoms with Crippen molar-refractivity contribution in [2.24, 2.45) is 0 Å². The molecule has 1 atom stereocenters. The lowest BCUT2D eigenvalue weighted by Crippen LogP contribution is -2.89. The molecular weight excluding hydrogens is 246 g/mol. The van der Waals surface area contributed by atoms with Gasteiger partial charge in [0, 0.05) is 0 Å². The van der Waals surface area contributed by atoms with E-state index in [4.69, 9.17) is 4.74 Å². The van der Waals surface area contributed by atoms with Gasteiger partial charge in [-0.2, -0.15) is 0 Å². The molecule has 0 aromatic heterocycles. The molecule has 0 aliphatic carbocycles. The Balaban J connectivity index is 2.24. The van der Waals surface area contributed by atoms with Crippen LogP contribution in [0.15, 0.2) is 18.2 Å². The highest BCUT2D eigenvalue weighted by Crippen LogP contribution is 2.23. The first-order valence-electron chi connectivity index (χ1n) is 8.11. The van der Waals surface area contributed by atoms with Crippen LogP contribution in [0, 0.1) is 6.92 Å². The number of hydrogen-bond acceptors (Lipinski definition) is 1. The summed E-state index contributed by atoms with van der Waals surface area (Å²) in [6.45, 7) is 13.2. The number of quaternary nitrogens is 1. The number of ether oxygens (including phenoxy) is 1. The van der Waals surface area contributed by atoms with Crippen LogP contribution in [0.5, 0.6) is 5.75 Å². The highest BCUT2D eigenvalue weighted by molar-refractivity contribution is 5.36. The second-order valence-electron chi connectivity index (χ2n) is 6.14. The fourth-order valence-corrected chi connectivity index (χ4v) is 2.39. The molecule has 114 valence electrons. The van der Waals surface area contributed by atoms with Crippen molar-refractivity contribution in [3.05, 3.63) is 29.3 Å². The van der Waals surface area contributed by atoms with Crippen molar-refractivity contribution in [2.75, 3.05) is 13.2 Å². The molecule has 0 fully saturated rings. The zero-order valence-electron chi connectivity index (χ0n) is 13.9. The third-order valence-electron chi connectivity index (χ3n) is 3.94. The van der Waals surface area contributed by atoms with E-state index in [9.17, 15) is 0 Å². The number of hydrogen-bond donors (Lipinski definition) is 1. The molecule has 0 heterocycles. The van der Waals surface area contributed by atoms with E-state index in [2.05, 4.69) is 58.1 Å². The van der Waals surface area contributed by atoms with Gasteiger partial charge in [-0.15, -0.1) is 0 Å². The molecule has 0 aliphatic rings. The zero-order chi connectivity index (χ0) is 15.0. The molecule has 1 aromatic carbocycles. The molecule has 1 rings (SSSR count). The number of aryl methyl sites for hydroxylation is 1. The predicted molar refractivity (Wildman–Crippen MR) is 86.5 cm³/mol. The maximum absolute atomic E-state index is 5.84. The number of rotatable bonds is 9. The number of unbranched alkanes of at least 4 members (excludes halogenated alkanes) is 1. The predicted octanol–water partition coefficient (Wildman–Crippen LogP) is 3.64. The highest BCUT2D eigenvalue weighted by Gasteiger charge is 2.05. The van der Waals surface area contributed by atoms with E-state index < -0.39 is 0 Å². The van der Waals surface area contributed by atoms with Crippen LogP contribution in [0.3, 0.4) is 0 Å². The number of nitrogens with two attached hydrogens (primary N) is 1. The van der Waals surface area contributed by atoms with Crippen LogP contribution in [0.4, 0.5) is 0 Å². The molecule has 0 amide bonds. The molecular formula is C18H32NO+. The summed E-state index contributed by atoms with van der Waals surface area (Å²) < 4.78 is 5.84. The topological polar surface area (TPSA) is 25.8 Å². The molecule has 0 aliphatic heterocycles. The molecule has 0 saturated heterocycles. The average Bonchev–Trinajstić information content (AvgIpc) is 2.42. The number of benzene rings is 1. The summed E-state index contributed by atoms with van der Waals surface area (Å²) >= 11 is 0. The molecule has 2 N–H and O–H groups in total. The van der Waals surface area contributed by atoms with Gasteiger partial charge in [0.05, 0.1) is 19.2 Å². The van der Waals surface area contributed by atoms with E-state index in [0.29, 0.717) is 5.92 Å². The first kappa shape index (κ1) is 17.0. The Bertz CT molecular complexity index is 387. The molecule has 2 heteroatoms. The van der Waals surface area contributed by atoms with Crippen molar-refractivity contribution in [2.45, 2.75) is 65.8 Å². The lowest BCUT2D eigenvalue weighted by Gasteiger charge is -2.12. The Hall–Kier alpha value is -1.02. The average molecular weight is 278 g/mol. The minimum Gasteiger partial charge on any atom is -0.494 e. The Kier molecular flexibility index (Phi) is 7.68. The Morgan fingerprint density at radius 1 is 1.15 bits per heavy atom. The molecule has 0 unspecified atom stereocenters. The third kappa shape index (κ3) is 5.96. The van der Waals surface area contributed by atoms with Gasteiger partial charge in [-0.3, -0.25) is 0 Å². The van der Waals surface area contributed by atoms with Crippen molar-refractivity contribution in [3.63, 3.8) is 0 Å². The van der Waals surface area contributed by atoms with Crippen molar-refractivity contribution in [1.82, 2.24) is 0 Å². The van der Waals surface area contributed by atoms with Crippen LogP contribution < -0.4 is 10.1 Å². The lowest BCUT2D eigenvalue weighted by molar-refractivity contribution is -0.686. The van der Waals surface area contributed by atoms with Gasteiger partial charge >= 0.3 is 0 Å². The quantitative estimate of drug-likeness (QED) is 0.686. The van der Waals surface area contributed by atoms with E-state index >= 15 is 0 Å². The fraction of sp³-hybridized carbons (Fsp3) is 0.667. The van der Waals surface area contributed by atoms with Gasteiger partial charge < -0.3 is 10.1 Å². The van der Waals surface area contributed by atoms with Crippen molar-refractivity contribution < 1.29 is 10.1 Å². The van der Waals surface area contributed by atoms with Crippen molar-refractivity contribution in [1.29, 1.82) is 0 Å². The smallest absolute Gasteiger partial charge is 0.119 e.